The van der Waals surface area contributed by atoms with E-state index in [0.717, 1.165) is 5.56 Å². The lowest BCUT2D eigenvalue weighted by atomic mass is 10.2. The van der Waals surface area contributed by atoms with Crippen molar-refractivity contribution in [2.24, 2.45) is 7.05 Å². The van der Waals surface area contributed by atoms with Gasteiger partial charge in [0.25, 0.3) is 0 Å². The number of aromatic carboxylic acids is 1. The number of carbonyl (C=O) groups is 2. The van der Waals surface area contributed by atoms with Gasteiger partial charge < -0.3 is 19.7 Å². The summed E-state index contributed by atoms with van der Waals surface area (Å²) in [6.45, 7) is 0.269. The Labute approximate surface area is 121 Å². The molecular weight excluding hydrogens is 274 g/mol. The fourth-order valence-electron chi connectivity index (χ4n) is 1.74. The third kappa shape index (κ3) is 3.82. The molecule has 2 N–H and O–H groups in total. The maximum atomic E-state index is 11.6. The van der Waals surface area contributed by atoms with Crippen LogP contribution in [0.25, 0.3) is 0 Å². The molecule has 0 unspecified atom stereocenters. The summed E-state index contributed by atoms with van der Waals surface area (Å²) < 4.78 is 6.44. The Morgan fingerprint density at radius 1 is 1.33 bits per heavy atom. The first-order chi connectivity index (χ1) is 10.1. The van der Waals surface area contributed by atoms with Crippen molar-refractivity contribution in [3.63, 3.8) is 0 Å². The maximum Gasteiger partial charge on any atom is 0.407 e. The van der Waals surface area contributed by atoms with Crippen molar-refractivity contribution in [3.8, 4) is 0 Å². The monoisotopic (exact) mass is 289 g/mol. The first-order valence-electron chi connectivity index (χ1n) is 6.26. The highest BCUT2D eigenvalue weighted by atomic mass is 16.5. The van der Waals surface area contributed by atoms with E-state index in [1.165, 1.54) is 10.8 Å². The summed E-state index contributed by atoms with van der Waals surface area (Å²) in [5, 5.41) is 11.4. The van der Waals surface area contributed by atoms with Crippen LogP contribution in [0.1, 0.15) is 21.9 Å². The van der Waals surface area contributed by atoms with E-state index in [1.807, 2.05) is 30.3 Å². The second-order valence-electron chi connectivity index (χ2n) is 4.34. The van der Waals surface area contributed by atoms with Crippen molar-refractivity contribution in [2.75, 3.05) is 0 Å². The third-order valence-electron chi connectivity index (χ3n) is 2.91. The SMILES string of the molecule is Cn1c(C(=O)O)cnc1CNC(=O)OCc1ccccc1. The predicted octanol–water partition coefficient (Wildman–Crippen LogP) is 1.54. The molecule has 0 spiro atoms. The lowest BCUT2D eigenvalue weighted by Gasteiger charge is -2.07. The second kappa shape index (κ2) is 6.56. The molecule has 0 bridgehead atoms. The average Bonchev–Trinajstić information content (AvgIpc) is 2.85. The molecule has 1 aromatic carbocycles. The highest BCUT2D eigenvalue weighted by molar-refractivity contribution is 5.85. The topological polar surface area (TPSA) is 93.5 Å². The average molecular weight is 289 g/mol. The standard InChI is InChI=1S/C14H15N3O4/c1-17-11(13(18)19)7-15-12(17)8-16-14(20)21-9-10-5-3-2-4-6-10/h2-7H,8-9H2,1H3,(H,16,20)(H,18,19). The van der Waals surface area contributed by atoms with E-state index in [2.05, 4.69) is 10.3 Å². The van der Waals surface area contributed by atoms with Crippen LogP contribution in [-0.2, 0) is 24.9 Å². The van der Waals surface area contributed by atoms with Gasteiger partial charge in [-0.05, 0) is 5.56 Å². The zero-order valence-corrected chi connectivity index (χ0v) is 11.4. The molecule has 2 rings (SSSR count). The second-order valence-corrected chi connectivity index (χ2v) is 4.34. The molecule has 7 heteroatoms. The van der Waals surface area contributed by atoms with Gasteiger partial charge in [0.2, 0.25) is 0 Å². The number of carbonyl (C=O) groups excluding carboxylic acids is 1. The number of aromatic nitrogens is 2. The van der Waals surface area contributed by atoms with Crippen molar-refractivity contribution in [1.29, 1.82) is 0 Å². The summed E-state index contributed by atoms with van der Waals surface area (Å²) in [5.74, 6) is -0.632. The van der Waals surface area contributed by atoms with Gasteiger partial charge in [-0.1, -0.05) is 30.3 Å². The van der Waals surface area contributed by atoms with Crippen LogP contribution in [0, 0.1) is 0 Å². The van der Waals surface area contributed by atoms with Crippen LogP contribution in [-0.4, -0.2) is 26.7 Å². The number of carboxylic acids is 1. The van der Waals surface area contributed by atoms with E-state index in [-0.39, 0.29) is 18.8 Å². The molecule has 1 amide bonds. The zero-order chi connectivity index (χ0) is 15.2. The molecule has 1 aromatic heterocycles. The van der Waals surface area contributed by atoms with E-state index >= 15 is 0 Å². The Morgan fingerprint density at radius 3 is 2.67 bits per heavy atom. The number of hydrogen-bond acceptors (Lipinski definition) is 4. The van der Waals surface area contributed by atoms with Crippen LogP contribution < -0.4 is 5.32 Å². The van der Waals surface area contributed by atoms with Crippen molar-refractivity contribution < 1.29 is 19.4 Å². The number of rotatable bonds is 5. The molecule has 0 aliphatic heterocycles. The smallest absolute Gasteiger partial charge is 0.407 e. The lowest BCUT2D eigenvalue weighted by molar-refractivity contribution is 0.0686. The Hall–Kier alpha value is -2.83. The molecule has 21 heavy (non-hydrogen) atoms. The van der Waals surface area contributed by atoms with Gasteiger partial charge in [0.05, 0.1) is 12.7 Å². The maximum absolute atomic E-state index is 11.6. The molecule has 0 atom stereocenters. The minimum atomic E-state index is -1.07. The molecule has 0 saturated heterocycles. The van der Waals surface area contributed by atoms with E-state index in [4.69, 9.17) is 9.84 Å². The summed E-state index contributed by atoms with van der Waals surface area (Å²) in [6, 6.07) is 9.30. The zero-order valence-electron chi connectivity index (χ0n) is 11.4. The van der Waals surface area contributed by atoms with E-state index < -0.39 is 12.1 Å². The minimum absolute atomic E-state index is 0.0597. The van der Waals surface area contributed by atoms with Crippen LogP contribution >= 0.6 is 0 Å². The number of carboxylic acid groups (broad SMARTS) is 1. The minimum Gasteiger partial charge on any atom is -0.477 e. The molecule has 7 nitrogen and oxygen atoms in total. The normalized spacial score (nSPS) is 10.1. The Balaban J connectivity index is 1.83. The first kappa shape index (κ1) is 14.6. The van der Waals surface area contributed by atoms with Crippen LogP contribution in [0.15, 0.2) is 36.5 Å². The number of benzene rings is 1. The fourth-order valence-corrected chi connectivity index (χ4v) is 1.74. The summed E-state index contributed by atoms with van der Waals surface area (Å²) in [7, 11) is 1.57. The number of alkyl carbamates (subject to hydrolysis) is 1. The summed E-state index contributed by atoms with van der Waals surface area (Å²) in [4.78, 5) is 26.4. The van der Waals surface area contributed by atoms with Crippen molar-refractivity contribution in [1.82, 2.24) is 14.9 Å². The van der Waals surface area contributed by atoms with E-state index in [9.17, 15) is 9.59 Å². The molecule has 0 saturated carbocycles. The van der Waals surface area contributed by atoms with Gasteiger partial charge in [0.15, 0.2) is 0 Å². The van der Waals surface area contributed by atoms with Gasteiger partial charge in [-0.25, -0.2) is 14.6 Å². The van der Waals surface area contributed by atoms with Crippen LogP contribution in [0.5, 0.6) is 0 Å². The molecule has 0 aliphatic carbocycles. The number of nitrogens with zero attached hydrogens (tertiary/aromatic N) is 2. The number of nitrogens with one attached hydrogen (secondary N) is 1. The van der Waals surface area contributed by atoms with Gasteiger partial charge in [-0.2, -0.15) is 0 Å². The first-order valence-corrected chi connectivity index (χ1v) is 6.26. The lowest BCUT2D eigenvalue weighted by Crippen LogP contribution is -2.25. The Morgan fingerprint density at radius 2 is 2.05 bits per heavy atom. The molecule has 1 heterocycles. The number of ether oxygens (including phenoxy) is 1. The Bertz CT molecular complexity index is 637. The Kier molecular flexibility index (Phi) is 4.55. The number of amides is 1. The number of imidazole rings is 1. The van der Waals surface area contributed by atoms with Gasteiger partial charge in [0, 0.05) is 7.05 Å². The highest BCUT2D eigenvalue weighted by Gasteiger charge is 2.13. The summed E-state index contributed by atoms with van der Waals surface area (Å²) in [5.41, 5.74) is 0.947. The van der Waals surface area contributed by atoms with Crippen LogP contribution in [0.2, 0.25) is 0 Å². The summed E-state index contributed by atoms with van der Waals surface area (Å²) >= 11 is 0. The van der Waals surface area contributed by atoms with Crippen LogP contribution in [0.4, 0.5) is 4.79 Å². The van der Waals surface area contributed by atoms with Gasteiger partial charge in [-0.3, -0.25) is 0 Å². The molecule has 2 aromatic rings. The largest absolute Gasteiger partial charge is 0.477 e. The molecule has 0 radical (unpaired) electrons. The van der Waals surface area contributed by atoms with Gasteiger partial charge in [-0.15, -0.1) is 0 Å². The molecule has 0 fully saturated rings. The van der Waals surface area contributed by atoms with E-state index in [1.54, 1.807) is 7.05 Å². The van der Waals surface area contributed by atoms with E-state index in [0.29, 0.717) is 5.82 Å². The third-order valence-corrected chi connectivity index (χ3v) is 2.91. The highest BCUT2D eigenvalue weighted by Crippen LogP contribution is 2.04. The van der Waals surface area contributed by atoms with Crippen molar-refractivity contribution >= 4 is 12.1 Å². The van der Waals surface area contributed by atoms with Gasteiger partial charge in [0.1, 0.15) is 18.1 Å². The van der Waals surface area contributed by atoms with Gasteiger partial charge >= 0.3 is 12.1 Å². The van der Waals surface area contributed by atoms with Crippen molar-refractivity contribution in [2.45, 2.75) is 13.2 Å². The quantitative estimate of drug-likeness (QED) is 0.871. The summed E-state index contributed by atoms with van der Waals surface area (Å²) in [6.07, 6.45) is 0.660. The van der Waals surface area contributed by atoms with Crippen molar-refractivity contribution in [3.05, 3.63) is 53.6 Å². The molecular formula is C14H15N3O4. The predicted molar refractivity (Wildman–Crippen MR) is 73.6 cm³/mol. The molecule has 0 aliphatic rings. The van der Waals surface area contributed by atoms with Crippen LogP contribution in [0.3, 0.4) is 0 Å². The molecule has 110 valence electrons. The number of hydrogen-bond donors (Lipinski definition) is 2. The fraction of sp³-hybridized carbons (Fsp3) is 0.214.